The van der Waals surface area contributed by atoms with Gasteiger partial charge in [0, 0.05) is 38.0 Å². The lowest BCUT2D eigenvalue weighted by molar-refractivity contribution is -0.156. The highest BCUT2D eigenvalue weighted by Crippen LogP contribution is 2.27. The van der Waals surface area contributed by atoms with Crippen molar-refractivity contribution in [2.45, 2.75) is 12.0 Å². The van der Waals surface area contributed by atoms with E-state index in [4.69, 9.17) is 4.74 Å². The quantitative estimate of drug-likeness (QED) is 0.696. The SMILES string of the molecule is CNC(=O)[C@@]1(Cc2cccc(-c3ccncc3)c2)CN(C(=O)c2ccccc2)CCO1. The van der Waals surface area contributed by atoms with Gasteiger partial charge in [0.25, 0.3) is 11.8 Å². The molecule has 2 heterocycles. The zero-order valence-corrected chi connectivity index (χ0v) is 17.5. The fourth-order valence-corrected chi connectivity index (χ4v) is 4.01. The average molecular weight is 415 g/mol. The topological polar surface area (TPSA) is 71.5 Å². The van der Waals surface area contributed by atoms with Gasteiger partial charge in [-0.05, 0) is 41.0 Å². The summed E-state index contributed by atoms with van der Waals surface area (Å²) in [5.74, 6) is -0.324. The zero-order chi connectivity index (χ0) is 21.7. The molecule has 1 aliphatic heterocycles. The van der Waals surface area contributed by atoms with Gasteiger partial charge in [0.2, 0.25) is 0 Å². The Morgan fingerprint density at radius 3 is 2.55 bits per heavy atom. The lowest BCUT2D eigenvalue weighted by Gasteiger charge is -2.41. The maximum Gasteiger partial charge on any atom is 0.254 e. The fraction of sp³-hybridized carbons (Fsp3) is 0.240. The maximum atomic E-state index is 13.0. The molecule has 1 N–H and O–H groups in total. The van der Waals surface area contributed by atoms with Crippen molar-refractivity contribution >= 4 is 11.8 Å². The van der Waals surface area contributed by atoms with Gasteiger partial charge in [-0.15, -0.1) is 0 Å². The number of nitrogens with zero attached hydrogens (tertiary/aromatic N) is 2. The molecule has 158 valence electrons. The molecule has 0 unspecified atom stereocenters. The van der Waals surface area contributed by atoms with Crippen LogP contribution < -0.4 is 5.32 Å². The van der Waals surface area contributed by atoms with Crippen LogP contribution in [0, 0.1) is 0 Å². The summed E-state index contributed by atoms with van der Waals surface area (Å²) in [7, 11) is 1.60. The second-order valence-electron chi connectivity index (χ2n) is 7.63. The second kappa shape index (κ2) is 9.10. The van der Waals surface area contributed by atoms with Crippen LogP contribution in [0.25, 0.3) is 11.1 Å². The minimum atomic E-state index is -1.14. The van der Waals surface area contributed by atoms with Crippen LogP contribution in [0.2, 0.25) is 0 Å². The molecule has 2 aromatic carbocycles. The molecule has 6 heteroatoms. The molecule has 1 aliphatic rings. The first kappa shape index (κ1) is 20.8. The minimum Gasteiger partial charge on any atom is -0.361 e. The van der Waals surface area contributed by atoms with E-state index in [1.165, 1.54) is 0 Å². The third-order valence-electron chi connectivity index (χ3n) is 5.56. The Hall–Kier alpha value is -3.51. The Morgan fingerprint density at radius 2 is 1.81 bits per heavy atom. The monoisotopic (exact) mass is 415 g/mol. The summed E-state index contributed by atoms with van der Waals surface area (Å²) in [4.78, 5) is 31.8. The summed E-state index contributed by atoms with van der Waals surface area (Å²) < 4.78 is 6.07. The van der Waals surface area contributed by atoms with Crippen LogP contribution in [-0.2, 0) is 16.0 Å². The standard InChI is InChI=1S/C25H25N3O3/c1-26-24(30)25(17-19-6-5-9-22(16-19)20-10-12-27-13-11-20)18-28(14-15-31-25)23(29)21-7-3-2-4-8-21/h2-13,16H,14-15,17-18H2,1H3,(H,26,30)/t25-/m1/s1. The molecule has 3 aromatic rings. The maximum absolute atomic E-state index is 13.0. The summed E-state index contributed by atoms with van der Waals surface area (Å²) >= 11 is 0. The van der Waals surface area contributed by atoms with E-state index >= 15 is 0 Å². The van der Waals surface area contributed by atoms with Crippen molar-refractivity contribution in [1.82, 2.24) is 15.2 Å². The molecule has 0 radical (unpaired) electrons. The number of nitrogens with one attached hydrogen (secondary N) is 1. The molecule has 0 aliphatic carbocycles. The fourth-order valence-electron chi connectivity index (χ4n) is 4.01. The summed E-state index contributed by atoms with van der Waals surface area (Å²) in [6.45, 7) is 0.944. The van der Waals surface area contributed by atoms with Gasteiger partial charge in [0.05, 0.1) is 13.2 Å². The van der Waals surface area contributed by atoms with Crippen molar-refractivity contribution in [2.24, 2.45) is 0 Å². The second-order valence-corrected chi connectivity index (χ2v) is 7.63. The number of hydrogen-bond acceptors (Lipinski definition) is 4. The predicted molar refractivity (Wildman–Crippen MR) is 118 cm³/mol. The predicted octanol–water partition coefficient (Wildman–Crippen LogP) is 2.95. The van der Waals surface area contributed by atoms with Gasteiger partial charge in [0.15, 0.2) is 5.60 Å². The Bertz CT molecular complexity index is 1060. The number of carbonyl (C=O) groups is 2. The number of rotatable bonds is 5. The van der Waals surface area contributed by atoms with Crippen LogP contribution in [0.15, 0.2) is 79.1 Å². The Morgan fingerprint density at radius 1 is 1.03 bits per heavy atom. The van der Waals surface area contributed by atoms with Crippen LogP contribution in [-0.4, -0.2) is 54.0 Å². The molecule has 1 fully saturated rings. The molecule has 6 nitrogen and oxygen atoms in total. The van der Waals surface area contributed by atoms with Crippen molar-refractivity contribution in [3.8, 4) is 11.1 Å². The normalized spacial score (nSPS) is 18.4. The summed E-state index contributed by atoms with van der Waals surface area (Å²) in [6.07, 6.45) is 3.88. The molecule has 2 amide bonds. The van der Waals surface area contributed by atoms with Crippen LogP contribution >= 0.6 is 0 Å². The van der Waals surface area contributed by atoms with E-state index in [1.807, 2.05) is 48.5 Å². The van der Waals surface area contributed by atoms with Gasteiger partial charge < -0.3 is 15.0 Å². The lowest BCUT2D eigenvalue weighted by atomic mass is 9.89. The van der Waals surface area contributed by atoms with E-state index in [-0.39, 0.29) is 18.4 Å². The molecule has 4 rings (SSSR count). The number of pyridine rings is 1. The highest BCUT2D eigenvalue weighted by atomic mass is 16.5. The van der Waals surface area contributed by atoms with Crippen molar-refractivity contribution in [1.29, 1.82) is 0 Å². The number of carbonyl (C=O) groups excluding carboxylic acids is 2. The summed E-state index contributed by atoms with van der Waals surface area (Å²) in [5.41, 5.74) is 2.52. The van der Waals surface area contributed by atoms with Gasteiger partial charge in [-0.3, -0.25) is 14.6 Å². The number of hydrogen-bond donors (Lipinski definition) is 1. The van der Waals surface area contributed by atoms with Gasteiger partial charge in [0.1, 0.15) is 0 Å². The Balaban J connectivity index is 1.61. The number of likely N-dealkylation sites (N-methyl/N-ethyl adjacent to an activating group) is 1. The number of benzene rings is 2. The molecule has 1 saturated heterocycles. The molecule has 0 spiro atoms. The lowest BCUT2D eigenvalue weighted by Crippen LogP contribution is -2.61. The average Bonchev–Trinajstić information content (AvgIpc) is 2.84. The third-order valence-corrected chi connectivity index (χ3v) is 5.56. The van der Waals surface area contributed by atoms with E-state index in [2.05, 4.69) is 16.4 Å². The number of morpholine rings is 1. The van der Waals surface area contributed by atoms with E-state index in [1.54, 1.807) is 36.5 Å². The van der Waals surface area contributed by atoms with Gasteiger partial charge in [-0.1, -0.05) is 42.5 Å². The summed E-state index contributed by atoms with van der Waals surface area (Å²) in [5, 5.41) is 2.73. The number of ether oxygens (including phenoxy) is 1. The van der Waals surface area contributed by atoms with Gasteiger partial charge >= 0.3 is 0 Å². The van der Waals surface area contributed by atoms with E-state index in [0.29, 0.717) is 25.1 Å². The van der Waals surface area contributed by atoms with Crippen molar-refractivity contribution in [3.05, 3.63) is 90.3 Å². The first-order valence-corrected chi connectivity index (χ1v) is 10.3. The van der Waals surface area contributed by atoms with Crippen LogP contribution in [0.3, 0.4) is 0 Å². The number of aromatic nitrogens is 1. The van der Waals surface area contributed by atoms with Crippen LogP contribution in [0.4, 0.5) is 0 Å². The Labute approximate surface area is 181 Å². The third kappa shape index (κ3) is 4.49. The largest absolute Gasteiger partial charge is 0.361 e. The molecule has 1 atom stereocenters. The van der Waals surface area contributed by atoms with E-state index in [9.17, 15) is 9.59 Å². The zero-order valence-electron chi connectivity index (χ0n) is 17.5. The molecule has 1 aromatic heterocycles. The first-order chi connectivity index (χ1) is 15.1. The molecule has 31 heavy (non-hydrogen) atoms. The highest BCUT2D eigenvalue weighted by Gasteiger charge is 2.44. The van der Waals surface area contributed by atoms with Gasteiger partial charge in [-0.2, -0.15) is 0 Å². The van der Waals surface area contributed by atoms with Crippen LogP contribution in [0.1, 0.15) is 15.9 Å². The molecule has 0 saturated carbocycles. The minimum absolute atomic E-state index is 0.0947. The van der Waals surface area contributed by atoms with E-state index < -0.39 is 5.60 Å². The molecular weight excluding hydrogens is 390 g/mol. The first-order valence-electron chi connectivity index (χ1n) is 10.3. The Kier molecular flexibility index (Phi) is 6.09. The number of amides is 2. The van der Waals surface area contributed by atoms with Crippen LogP contribution in [0.5, 0.6) is 0 Å². The summed E-state index contributed by atoms with van der Waals surface area (Å²) in [6, 6.07) is 21.1. The van der Waals surface area contributed by atoms with Gasteiger partial charge in [-0.25, -0.2) is 0 Å². The van der Waals surface area contributed by atoms with Crippen molar-refractivity contribution in [3.63, 3.8) is 0 Å². The highest BCUT2D eigenvalue weighted by molar-refractivity contribution is 5.95. The molecule has 0 bridgehead atoms. The van der Waals surface area contributed by atoms with Crippen molar-refractivity contribution in [2.75, 3.05) is 26.7 Å². The molecular formula is C25H25N3O3. The smallest absolute Gasteiger partial charge is 0.254 e. The van der Waals surface area contributed by atoms with Crippen molar-refractivity contribution < 1.29 is 14.3 Å². The van der Waals surface area contributed by atoms with E-state index in [0.717, 1.165) is 16.7 Å².